The van der Waals surface area contributed by atoms with Gasteiger partial charge in [-0.3, -0.25) is 0 Å². The van der Waals surface area contributed by atoms with Crippen LogP contribution in [0.3, 0.4) is 0 Å². The van der Waals surface area contributed by atoms with E-state index in [2.05, 4.69) is 24.1 Å². The second-order valence-electron chi connectivity index (χ2n) is 7.67. The molecule has 0 amide bonds. The standard InChI is InChI=1S/C20H25F2NS/c1-13-2-4-14(5-3-13)15-6-8-16(9-7-15)17-10-18(21)20(23-12-24)19(22)11-17/h10-11,13-16H,2-9H2,1H3. The molecule has 2 aliphatic rings. The van der Waals surface area contributed by atoms with E-state index in [1.54, 1.807) is 0 Å². The highest BCUT2D eigenvalue weighted by Crippen LogP contribution is 2.44. The molecule has 0 heterocycles. The van der Waals surface area contributed by atoms with E-state index >= 15 is 0 Å². The molecule has 0 radical (unpaired) electrons. The molecule has 0 aromatic heterocycles. The van der Waals surface area contributed by atoms with E-state index < -0.39 is 11.6 Å². The summed E-state index contributed by atoms with van der Waals surface area (Å²) >= 11 is 4.44. The highest BCUT2D eigenvalue weighted by molar-refractivity contribution is 7.78. The maximum atomic E-state index is 14.0. The fourth-order valence-corrected chi connectivity index (χ4v) is 4.75. The first-order valence-corrected chi connectivity index (χ1v) is 9.56. The minimum Gasteiger partial charge on any atom is -0.204 e. The molecule has 130 valence electrons. The molecule has 2 saturated carbocycles. The molecule has 0 aliphatic heterocycles. The van der Waals surface area contributed by atoms with Gasteiger partial charge >= 0.3 is 0 Å². The molecule has 1 aromatic rings. The Labute approximate surface area is 148 Å². The maximum absolute atomic E-state index is 14.0. The summed E-state index contributed by atoms with van der Waals surface area (Å²) < 4.78 is 28.1. The summed E-state index contributed by atoms with van der Waals surface area (Å²) in [7, 11) is 0. The van der Waals surface area contributed by atoms with Crippen LogP contribution >= 0.6 is 12.2 Å². The van der Waals surface area contributed by atoms with Gasteiger partial charge in [0.05, 0.1) is 5.16 Å². The van der Waals surface area contributed by atoms with Crippen LogP contribution in [0.15, 0.2) is 17.1 Å². The van der Waals surface area contributed by atoms with E-state index in [0.29, 0.717) is 0 Å². The van der Waals surface area contributed by atoms with Crippen molar-refractivity contribution in [2.45, 2.75) is 64.2 Å². The molecular weight excluding hydrogens is 324 g/mol. The highest BCUT2D eigenvalue weighted by atomic mass is 32.1. The summed E-state index contributed by atoms with van der Waals surface area (Å²) in [6, 6.07) is 2.86. The van der Waals surface area contributed by atoms with Gasteiger partial charge in [0.25, 0.3) is 0 Å². The third-order valence-corrected chi connectivity index (χ3v) is 6.26. The van der Waals surface area contributed by atoms with Crippen LogP contribution in [0.4, 0.5) is 14.5 Å². The smallest absolute Gasteiger partial charge is 0.152 e. The van der Waals surface area contributed by atoms with Crippen molar-refractivity contribution in [3.8, 4) is 0 Å². The number of aliphatic imine (C=N–C) groups is 1. The third-order valence-electron chi connectivity index (χ3n) is 6.17. The molecular formula is C20H25F2NS. The molecule has 0 atom stereocenters. The van der Waals surface area contributed by atoms with Crippen LogP contribution in [0, 0.1) is 29.4 Å². The van der Waals surface area contributed by atoms with Gasteiger partial charge in [-0.25, -0.2) is 8.78 Å². The summed E-state index contributed by atoms with van der Waals surface area (Å²) in [6.45, 7) is 2.35. The summed E-state index contributed by atoms with van der Waals surface area (Å²) in [5.74, 6) is 1.56. The van der Waals surface area contributed by atoms with Gasteiger partial charge in [0.2, 0.25) is 0 Å². The lowest BCUT2D eigenvalue weighted by molar-refractivity contribution is 0.165. The Bertz CT molecular complexity index is 600. The zero-order valence-corrected chi connectivity index (χ0v) is 15.0. The lowest BCUT2D eigenvalue weighted by atomic mass is 9.68. The van der Waals surface area contributed by atoms with Crippen molar-refractivity contribution in [1.29, 1.82) is 0 Å². The molecule has 1 aromatic carbocycles. The number of halogens is 2. The van der Waals surface area contributed by atoms with Crippen LogP contribution in [0.1, 0.15) is 69.8 Å². The van der Waals surface area contributed by atoms with Gasteiger partial charge in [-0.2, -0.15) is 4.99 Å². The predicted octanol–water partition coefficient (Wildman–Crippen LogP) is 6.80. The Balaban J connectivity index is 1.63. The van der Waals surface area contributed by atoms with Crippen molar-refractivity contribution in [3.63, 3.8) is 0 Å². The number of hydrogen-bond acceptors (Lipinski definition) is 2. The molecule has 0 bridgehead atoms. The molecule has 3 rings (SSSR count). The van der Waals surface area contributed by atoms with Gasteiger partial charge in [-0.1, -0.05) is 19.8 Å². The van der Waals surface area contributed by atoms with E-state index in [1.165, 1.54) is 50.7 Å². The van der Waals surface area contributed by atoms with Crippen LogP contribution in [-0.2, 0) is 0 Å². The zero-order valence-electron chi connectivity index (χ0n) is 14.2. The van der Waals surface area contributed by atoms with Crippen LogP contribution in [0.5, 0.6) is 0 Å². The number of hydrogen-bond donors (Lipinski definition) is 0. The Morgan fingerprint density at radius 3 is 1.92 bits per heavy atom. The number of thiocarbonyl (C=S) groups is 1. The number of isothiocyanates is 1. The second kappa shape index (κ2) is 7.84. The molecule has 0 saturated heterocycles. The Hall–Kier alpha value is -1.12. The number of nitrogens with zero attached hydrogens (tertiary/aromatic N) is 1. The van der Waals surface area contributed by atoms with E-state index in [4.69, 9.17) is 0 Å². The largest absolute Gasteiger partial charge is 0.204 e. The van der Waals surface area contributed by atoms with Gasteiger partial charge in [0.15, 0.2) is 11.6 Å². The molecule has 0 N–H and O–H groups in total. The Morgan fingerprint density at radius 1 is 0.917 bits per heavy atom. The molecule has 2 fully saturated rings. The normalized spacial score (nSPS) is 30.6. The fraction of sp³-hybridized carbons (Fsp3) is 0.650. The monoisotopic (exact) mass is 349 g/mol. The lowest BCUT2D eigenvalue weighted by Crippen LogP contribution is -2.24. The van der Waals surface area contributed by atoms with Crippen LogP contribution in [-0.4, -0.2) is 5.16 Å². The summed E-state index contributed by atoms with van der Waals surface area (Å²) in [5, 5.41) is 2.04. The van der Waals surface area contributed by atoms with Crippen molar-refractivity contribution in [1.82, 2.24) is 0 Å². The van der Waals surface area contributed by atoms with Crippen LogP contribution in [0.2, 0.25) is 0 Å². The summed E-state index contributed by atoms with van der Waals surface area (Å²) in [6.07, 6.45) is 9.90. The fourth-order valence-electron chi connectivity index (χ4n) is 4.65. The van der Waals surface area contributed by atoms with Crippen LogP contribution < -0.4 is 0 Å². The first kappa shape index (κ1) is 17.7. The lowest BCUT2D eigenvalue weighted by Gasteiger charge is -2.37. The second-order valence-corrected chi connectivity index (χ2v) is 7.85. The van der Waals surface area contributed by atoms with E-state index in [0.717, 1.165) is 36.2 Å². The van der Waals surface area contributed by atoms with Crippen LogP contribution in [0.25, 0.3) is 0 Å². The minimum atomic E-state index is -0.634. The van der Waals surface area contributed by atoms with Gasteiger partial charge < -0.3 is 0 Å². The topological polar surface area (TPSA) is 12.4 Å². The molecule has 1 nitrogen and oxygen atoms in total. The average Bonchev–Trinajstić information content (AvgIpc) is 2.59. The first-order chi connectivity index (χ1) is 11.6. The first-order valence-electron chi connectivity index (χ1n) is 9.15. The van der Waals surface area contributed by atoms with E-state index in [1.807, 2.05) is 5.16 Å². The predicted molar refractivity (Wildman–Crippen MR) is 96.9 cm³/mol. The molecule has 24 heavy (non-hydrogen) atoms. The molecule has 0 unspecified atom stereocenters. The quantitative estimate of drug-likeness (QED) is 0.432. The number of benzene rings is 1. The minimum absolute atomic E-state index is 0.262. The number of rotatable bonds is 3. The SMILES string of the molecule is CC1CCC(C2CCC(c3cc(F)c(N=C=S)c(F)c3)CC2)CC1. The zero-order chi connectivity index (χ0) is 17.1. The van der Waals surface area contributed by atoms with E-state index in [9.17, 15) is 8.78 Å². The summed E-state index contributed by atoms with van der Waals surface area (Å²) in [4.78, 5) is 3.49. The van der Waals surface area contributed by atoms with Crippen molar-refractivity contribution < 1.29 is 8.78 Å². The Kier molecular flexibility index (Phi) is 5.78. The summed E-state index contributed by atoms with van der Waals surface area (Å²) in [5.41, 5.74) is 0.447. The van der Waals surface area contributed by atoms with Gasteiger partial charge in [-0.05, 0) is 92.1 Å². The van der Waals surface area contributed by atoms with Crippen molar-refractivity contribution >= 4 is 23.1 Å². The van der Waals surface area contributed by atoms with Crippen molar-refractivity contribution in [2.75, 3.05) is 0 Å². The maximum Gasteiger partial charge on any atom is 0.152 e. The van der Waals surface area contributed by atoms with Crippen molar-refractivity contribution in [2.24, 2.45) is 22.7 Å². The van der Waals surface area contributed by atoms with Gasteiger partial charge in [0.1, 0.15) is 5.69 Å². The van der Waals surface area contributed by atoms with Gasteiger partial charge in [0, 0.05) is 0 Å². The van der Waals surface area contributed by atoms with Gasteiger partial charge in [-0.15, -0.1) is 0 Å². The third kappa shape index (κ3) is 3.92. The Morgan fingerprint density at radius 2 is 1.42 bits per heavy atom. The molecule has 2 aliphatic carbocycles. The highest BCUT2D eigenvalue weighted by Gasteiger charge is 2.30. The molecule has 4 heteroatoms. The van der Waals surface area contributed by atoms with Crippen molar-refractivity contribution in [3.05, 3.63) is 29.3 Å². The van der Waals surface area contributed by atoms with E-state index in [-0.39, 0.29) is 11.6 Å². The molecule has 0 spiro atoms. The average molecular weight is 349 g/mol.